The van der Waals surface area contributed by atoms with Crippen LogP contribution in [-0.2, 0) is 10.8 Å². The molecule has 10 aromatic carbocycles. The molecule has 0 spiro atoms. The molecule has 304 valence electrons. The molecular weight excluding hydrogens is 775 g/mol. The first-order valence-corrected chi connectivity index (χ1v) is 22.5. The van der Waals surface area contributed by atoms with E-state index in [4.69, 9.17) is 4.42 Å². The van der Waals surface area contributed by atoms with Crippen molar-refractivity contribution >= 4 is 60.5 Å². The molecule has 0 amide bonds. The number of para-hydroxylation sites is 2. The second-order valence-electron chi connectivity index (χ2n) is 18.9. The second-order valence-corrected chi connectivity index (χ2v) is 18.9. The van der Waals surface area contributed by atoms with E-state index in [1.165, 1.54) is 93.7 Å². The van der Waals surface area contributed by atoms with Crippen LogP contribution in [0.3, 0.4) is 0 Å². The molecule has 0 bridgehead atoms. The molecule has 64 heavy (non-hydrogen) atoms. The van der Waals surface area contributed by atoms with Gasteiger partial charge in [-0.25, -0.2) is 0 Å². The molecule has 0 fully saturated rings. The Bertz CT molecular complexity index is 3720. The predicted octanol–water partition coefficient (Wildman–Crippen LogP) is 17.3. The second kappa shape index (κ2) is 13.4. The molecular formula is C62H45NO. The van der Waals surface area contributed by atoms with E-state index in [1.807, 2.05) is 6.07 Å². The Hall–Kier alpha value is -7.68. The van der Waals surface area contributed by atoms with Crippen molar-refractivity contribution in [2.24, 2.45) is 0 Å². The largest absolute Gasteiger partial charge is 0.456 e. The first-order chi connectivity index (χ1) is 31.2. The lowest BCUT2D eigenvalue weighted by atomic mass is 9.78. The minimum Gasteiger partial charge on any atom is -0.456 e. The number of rotatable bonds is 5. The van der Waals surface area contributed by atoms with Crippen LogP contribution < -0.4 is 4.90 Å². The van der Waals surface area contributed by atoms with Crippen molar-refractivity contribution in [3.8, 4) is 44.5 Å². The van der Waals surface area contributed by atoms with Gasteiger partial charge in [0.15, 0.2) is 0 Å². The summed E-state index contributed by atoms with van der Waals surface area (Å²) >= 11 is 0. The normalized spacial score (nSPS) is 14.2. The van der Waals surface area contributed by atoms with Crippen molar-refractivity contribution in [2.45, 2.75) is 38.5 Å². The summed E-state index contributed by atoms with van der Waals surface area (Å²) in [6, 6.07) is 74.0. The Labute approximate surface area is 373 Å². The van der Waals surface area contributed by atoms with Crippen LogP contribution in [0.2, 0.25) is 0 Å². The maximum absolute atomic E-state index is 6.43. The van der Waals surface area contributed by atoms with E-state index < -0.39 is 0 Å². The third-order valence-electron chi connectivity index (χ3n) is 14.6. The van der Waals surface area contributed by atoms with E-state index in [-0.39, 0.29) is 10.8 Å². The minimum atomic E-state index is -0.236. The van der Waals surface area contributed by atoms with Crippen LogP contribution in [0.15, 0.2) is 205 Å². The van der Waals surface area contributed by atoms with Gasteiger partial charge in [-0.2, -0.15) is 0 Å². The Balaban J connectivity index is 0.990. The highest BCUT2D eigenvalue weighted by atomic mass is 16.3. The van der Waals surface area contributed by atoms with Gasteiger partial charge in [-0.3, -0.25) is 0 Å². The third-order valence-corrected chi connectivity index (χ3v) is 14.6. The maximum atomic E-state index is 6.43. The van der Waals surface area contributed by atoms with Gasteiger partial charge in [-0.05, 0) is 131 Å². The summed E-state index contributed by atoms with van der Waals surface area (Å²) in [4.78, 5) is 2.49. The Kier molecular flexibility index (Phi) is 7.74. The van der Waals surface area contributed by atoms with Crippen LogP contribution >= 0.6 is 0 Å². The van der Waals surface area contributed by atoms with Crippen LogP contribution in [0.1, 0.15) is 49.9 Å². The van der Waals surface area contributed by atoms with E-state index in [1.54, 1.807) is 0 Å². The Morgan fingerprint density at radius 1 is 0.344 bits per heavy atom. The fraction of sp³-hybridized carbons (Fsp3) is 0.0968. The summed E-state index contributed by atoms with van der Waals surface area (Å²) in [5, 5.41) is 7.51. The first kappa shape index (κ1) is 36.9. The van der Waals surface area contributed by atoms with Crippen LogP contribution in [0, 0.1) is 0 Å². The van der Waals surface area contributed by atoms with Gasteiger partial charge >= 0.3 is 0 Å². The summed E-state index contributed by atoms with van der Waals surface area (Å²) in [7, 11) is 0. The fourth-order valence-electron chi connectivity index (χ4n) is 11.5. The van der Waals surface area contributed by atoms with Gasteiger partial charge in [0.25, 0.3) is 0 Å². The quantitative estimate of drug-likeness (QED) is 0.172. The predicted molar refractivity (Wildman–Crippen MR) is 269 cm³/mol. The zero-order valence-corrected chi connectivity index (χ0v) is 36.4. The van der Waals surface area contributed by atoms with E-state index in [0.717, 1.165) is 33.6 Å². The van der Waals surface area contributed by atoms with E-state index in [0.29, 0.717) is 0 Å². The summed E-state index contributed by atoms with van der Waals surface area (Å²) in [5.74, 6) is 0. The first-order valence-electron chi connectivity index (χ1n) is 22.5. The molecule has 0 saturated carbocycles. The van der Waals surface area contributed by atoms with Gasteiger partial charge in [-0.1, -0.05) is 179 Å². The highest BCUT2D eigenvalue weighted by Crippen LogP contribution is 2.56. The lowest BCUT2D eigenvalue weighted by molar-refractivity contribution is 0.658. The standard InChI is InChI=1S/C62H45NO/c1-61(2)54-35-44(29-33-48(54)52-37-58-53(36-55(52)61)49-19-11-13-21-57(49)64-58)63(56-20-12-10-17-45(56)41-24-22-39(23-25-41)38-14-6-5-7-15-38)43-28-32-47-42(34-43)27-31-51-50-30-26-40-16-8-9-18-46(40)59(50)62(3,4)60(47)51/h5-37H,1-4H3. The van der Waals surface area contributed by atoms with Gasteiger partial charge < -0.3 is 9.32 Å². The van der Waals surface area contributed by atoms with Crippen molar-refractivity contribution in [3.63, 3.8) is 0 Å². The summed E-state index contributed by atoms with van der Waals surface area (Å²) in [5.41, 5.74) is 20.3. The molecule has 2 nitrogen and oxygen atoms in total. The highest BCUT2D eigenvalue weighted by molar-refractivity contribution is 6.08. The van der Waals surface area contributed by atoms with Crippen LogP contribution in [0.5, 0.6) is 0 Å². The minimum absolute atomic E-state index is 0.168. The molecule has 0 unspecified atom stereocenters. The summed E-state index contributed by atoms with van der Waals surface area (Å²) < 4.78 is 6.43. The molecule has 13 rings (SSSR count). The number of benzene rings is 10. The third kappa shape index (κ3) is 5.26. The van der Waals surface area contributed by atoms with Gasteiger partial charge in [0.05, 0.1) is 5.69 Å². The molecule has 0 aliphatic heterocycles. The van der Waals surface area contributed by atoms with Gasteiger partial charge in [-0.15, -0.1) is 0 Å². The topological polar surface area (TPSA) is 16.4 Å². The monoisotopic (exact) mass is 819 g/mol. The Morgan fingerprint density at radius 2 is 0.938 bits per heavy atom. The molecule has 2 aliphatic carbocycles. The van der Waals surface area contributed by atoms with Gasteiger partial charge in [0.1, 0.15) is 11.2 Å². The SMILES string of the molecule is CC1(C)c2cc(N(c3ccc4c5c(ccc4c3)-c3ccc4ccccc4c3C5(C)C)c3ccccc3-c3ccc(-c4ccccc4)cc3)ccc2-c2cc3oc4ccccc4c3cc21. The van der Waals surface area contributed by atoms with E-state index in [9.17, 15) is 0 Å². The highest BCUT2D eigenvalue weighted by Gasteiger charge is 2.39. The number of nitrogens with zero attached hydrogens (tertiary/aromatic N) is 1. The van der Waals surface area contributed by atoms with E-state index in [2.05, 4.69) is 227 Å². The van der Waals surface area contributed by atoms with Gasteiger partial charge in [0.2, 0.25) is 0 Å². The Morgan fingerprint density at radius 3 is 1.75 bits per heavy atom. The lowest BCUT2D eigenvalue weighted by Crippen LogP contribution is -2.17. The molecule has 1 aromatic heterocycles. The molecule has 2 heteroatoms. The fourth-order valence-corrected chi connectivity index (χ4v) is 11.5. The van der Waals surface area contributed by atoms with Crippen molar-refractivity contribution in [2.75, 3.05) is 4.90 Å². The molecule has 11 aromatic rings. The maximum Gasteiger partial charge on any atom is 0.136 e. The average Bonchev–Trinajstić information content (AvgIpc) is 3.90. The molecule has 1 heterocycles. The van der Waals surface area contributed by atoms with Crippen LogP contribution in [0.25, 0.3) is 88.0 Å². The summed E-state index contributed by atoms with van der Waals surface area (Å²) in [6.45, 7) is 9.57. The summed E-state index contributed by atoms with van der Waals surface area (Å²) in [6.07, 6.45) is 0. The number of anilines is 3. The van der Waals surface area contributed by atoms with E-state index >= 15 is 0 Å². The number of hydrogen-bond acceptors (Lipinski definition) is 2. The average molecular weight is 820 g/mol. The van der Waals surface area contributed by atoms with Crippen molar-refractivity contribution in [1.29, 1.82) is 0 Å². The smallest absolute Gasteiger partial charge is 0.136 e. The molecule has 0 atom stereocenters. The lowest BCUT2D eigenvalue weighted by Gasteiger charge is -2.30. The molecule has 2 aliphatic rings. The molecule has 0 radical (unpaired) electrons. The zero-order valence-electron chi connectivity index (χ0n) is 36.4. The van der Waals surface area contributed by atoms with Crippen LogP contribution in [0.4, 0.5) is 17.1 Å². The molecule has 0 N–H and O–H groups in total. The van der Waals surface area contributed by atoms with Gasteiger partial charge in [0, 0.05) is 38.5 Å². The zero-order chi connectivity index (χ0) is 42.9. The molecule has 0 saturated heterocycles. The van der Waals surface area contributed by atoms with Crippen LogP contribution in [-0.4, -0.2) is 0 Å². The number of furan rings is 1. The van der Waals surface area contributed by atoms with Crippen molar-refractivity contribution < 1.29 is 4.42 Å². The van der Waals surface area contributed by atoms with Crippen molar-refractivity contribution in [3.05, 3.63) is 222 Å². The van der Waals surface area contributed by atoms with Crippen molar-refractivity contribution in [1.82, 2.24) is 0 Å². The number of fused-ring (bicyclic) bond motifs is 13. The number of hydrogen-bond donors (Lipinski definition) is 0.